The van der Waals surface area contributed by atoms with Gasteiger partial charge in [-0.05, 0) is 23.1 Å². The van der Waals surface area contributed by atoms with Crippen molar-refractivity contribution >= 4 is 55.0 Å². The maximum absolute atomic E-state index is 6.51. The summed E-state index contributed by atoms with van der Waals surface area (Å²) in [5, 5.41) is 4.44. The first-order chi connectivity index (χ1) is 11.2. The average Bonchev–Trinajstić information content (AvgIpc) is 2.92. The van der Waals surface area contributed by atoms with E-state index in [0.717, 1.165) is 15.6 Å². The van der Waals surface area contributed by atoms with Crippen molar-refractivity contribution in [3.05, 3.63) is 77.3 Å². The molecule has 3 heteroatoms. The van der Waals surface area contributed by atoms with Gasteiger partial charge in [-0.3, -0.25) is 0 Å². The number of halogens is 1. The summed E-state index contributed by atoms with van der Waals surface area (Å²) in [6.45, 7) is 0. The van der Waals surface area contributed by atoms with Gasteiger partial charge < -0.3 is 0 Å². The van der Waals surface area contributed by atoms with Crippen LogP contribution in [-0.2, 0) is 7.05 Å². The van der Waals surface area contributed by atoms with Crippen LogP contribution >= 0.6 is 22.9 Å². The zero-order chi connectivity index (χ0) is 15.8. The molecule has 23 heavy (non-hydrogen) atoms. The molecule has 0 bridgehead atoms. The lowest BCUT2D eigenvalue weighted by Gasteiger charge is -1.97. The Morgan fingerprint density at radius 2 is 1.70 bits per heavy atom. The van der Waals surface area contributed by atoms with Gasteiger partial charge in [0.15, 0.2) is 0 Å². The van der Waals surface area contributed by atoms with E-state index in [9.17, 15) is 0 Å². The second-order valence-electron chi connectivity index (χ2n) is 5.49. The molecular formula is C20H15ClNS+. The fourth-order valence-electron chi connectivity index (χ4n) is 2.87. The van der Waals surface area contributed by atoms with E-state index in [1.54, 1.807) is 11.3 Å². The fourth-order valence-corrected chi connectivity index (χ4v) is 4.27. The van der Waals surface area contributed by atoms with Crippen LogP contribution in [-0.4, -0.2) is 0 Å². The molecule has 1 nitrogen and oxygen atoms in total. The Bertz CT molecular complexity index is 1030. The second-order valence-corrected chi connectivity index (χ2v) is 6.96. The third-order valence-corrected chi connectivity index (χ3v) is 5.52. The molecule has 0 fully saturated rings. The summed E-state index contributed by atoms with van der Waals surface area (Å²) in [7, 11) is 2.10. The van der Waals surface area contributed by atoms with Crippen molar-refractivity contribution in [1.82, 2.24) is 0 Å². The zero-order valence-corrected chi connectivity index (χ0v) is 14.2. The monoisotopic (exact) mass is 336 g/mol. The summed E-state index contributed by atoms with van der Waals surface area (Å²) in [5.41, 5.74) is 2.30. The van der Waals surface area contributed by atoms with E-state index >= 15 is 0 Å². The van der Waals surface area contributed by atoms with E-state index in [2.05, 4.69) is 54.1 Å². The minimum Gasteiger partial charge on any atom is -0.184 e. The van der Waals surface area contributed by atoms with Crippen molar-refractivity contribution in [2.45, 2.75) is 0 Å². The summed E-state index contributed by atoms with van der Waals surface area (Å²) >= 11 is 8.28. The van der Waals surface area contributed by atoms with Gasteiger partial charge in [0.05, 0.1) is 10.4 Å². The Balaban J connectivity index is 1.92. The molecule has 112 valence electrons. The predicted octanol–water partition coefficient (Wildman–Crippen LogP) is 5.62. The molecule has 4 aromatic rings. The highest BCUT2D eigenvalue weighted by Gasteiger charge is 2.18. The Labute approximate surface area is 144 Å². The first-order valence-electron chi connectivity index (χ1n) is 7.47. The van der Waals surface area contributed by atoms with Crippen LogP contribution in [0.5, 0.6) is 0 Å². The van der Waals surface area contributed by atoms with E-state index in [4.69, 9.17) is 11.6 Å². The topological polar surface area (TPSA) is 3.88 Å². The van der Waals surface area contributed by atoms with Crippen molar-refractivity contribution in [2.24, 2.45) is 7.05 Å². The third kappa shape index (κ3) is 2.54. The first-order valence-corrected chi connectivity index (χ1v) is 8.66. The summed E-state index contributed by atoms with van der Waals surface area (Å²) in [6, 6.07) is 22.9. The summed E-state index contributed by atoms with van der Waals surface area (Å²) in [5.74, 6) is 0. The summed E-state index contributed by atoms with van der Waals surface area (Å²) in [6.07, 6.45) is 2.05. The molecule has 0 atom stereocenters. The van der Waals surface area contributed by atoms with Gasteiger partial charge in [0.25, 0.3) is 5.01 Å². The second kappa shape index (κ2) is 5.80. The van der Waals surface area contributed by atoms with Crippen LogP contribution in [0.1, 0.15) is 10.6 Å². The number of thiazole rings is 1. The number of benzene rings is 3. The molecule has 0 saturated heterocycles. The lowest BCUT2D eigenvalue weighted by molar-refractivity contribution is -0.641. The Morgan fingerprint density at radius 1 is 0.957 bits per heavy atom. The van der Waals surface area contributed by atoms with Crippen molar-refractivity contribution in [3.8, 4) is 0 Å². The van der Waals surface area contributed by atoms with Crippen LogP contribution in [0.25, 0.3) is 32.1 Å². The van der Waals surface area contributed by atoms with E-state index in [-0.39, 0.29) is 0 Å². The SMILES string of the molecule is C[n+]1c(C=C(Cl)c2ccccc2)sc2ccc3ccccc3c21. The first kappa shape index (κ1) is 14.4. The van der Waals surface area contributed by atoms with Crippen LogP contribution in [0.2, 0.25) is 0 Å². The number of nitrogens with zero attached hydrogens (tertiary/aromatic N) is 1. The maximum atomic E-state index is 6.51. The highest BCUT2D eigenvalue weighted by atomic mass is 35.5. The number of fused-ring (bicyclic) bond motifs is 3. The van der Waals surface area contributed by atoms with Gasteiger partial charge in [0, 0.05) is 6.08 Å². The van der Waals surface area contributed by atoms with E-state index in [1.807, 2.05) is 30.3 Å². The number of hydrogen-bond donors (Lipinski definition) is 0. The summed E-state index contributed by atoms with van der Waals surface area (Å²) < 4.78 is 3.50. The van der Waals surface area contributed by atoms with Crippen molar-refractivity contribution in [2.75, 3.05) is 0 Å². The maximum Gasteiger partial charge on any atom is 0.264 e. The quantitative estimate of drug-likeness (QED) is 0.418. The smallest absolute Gasteiger partial charge is 0.184 e. The van der Waals surface area contributed by atoms with Gasteiger partial charge in [-0.15, -0.1) is 0 Å². The Morgan fingerprint density at radius 3 is 2.52 bits per heavy atom. The molecule has 0 aliphatic heterocycles. The van der Waals surface area contributed by atoms with Gasteiger partial charge in [-0.2, -0.15) is 4.57 Å². The largest absolute Gasteiger partial charge is 0.264 e. The zero-order valence-electron chi connectivity index (χ0n) is 12.7. The van der Waals surface area contributed by atoms with Gasteiger partial charge in [-0.25, -0.2) is 0 Å². The molecule has 1 aromatic heterocycles. The number of aromatic nitrogens is 1. The van der Waals surface area contributed by atoms with Gasteiger partial charge in [0.1, 0.15) is 11.7 Å². The molecule has 0 saturated carbocycles. The number of hydrogen-bond acceptors (Lipinski definition) is 1. The van der Waals surface area contributed by atoms with Crippen LogP contribution < -0.4 is 4.57 Å². The van der Waals surface area contributed by atoms with Crippen LogP contribution in [0.4, 0.5) is 0 Å². The molecule has 0 aliphatic carbocycles. The lowest BCUT2D eigenvalue weighted by Crippen LogP contribution is -2.29. The molecule has 0 aliphatic rings. The van der Waals surface area contributed by atoms with E-state index < -0.39 is 0 Å². The fraction of sp³-hybridized carbons (Fsp3) is 0.0500. The van der Waals surface area contributed by atoms with Crippen molar-refractivity contribution < 1.29 is 4.57 Å². The predicted molar refractivity (Wildman–Crippen MR) is 101 cm³/mol. The van der Waals surface area contributed by atoms with Crippen LogP contribution in [0.3, 0.4) is 0 Å². The van der Waals surface area contributed by atoms with E-state index in [1.165, 1.54) is 21.0 Å². The highest BCUT2D eigenvalue weighted by Crippen LogP contribution is 2.30. The molecule has 3 aromatic carbocycles. The lowest BCUT2D eigenvalue weighted by atomic mass is 10.1. The highest BCUT2D eigenvalue weighted by molar-refractivity contribution is 7.19. The number of rotatable bonds is 2. The van der Waals surface area contributed by atoms with E-state index in [0.29, 0.717) is 0 Å². The minimum atomic E-state index is 0.761. The third-order valence-electron chi connectivity index (χ3n) is 4.04. The minimum absolute atomic E-state index is 0.761. The van der Waals surface area contributed by atoms with Crippen LogP contribution in [0, 0.1) is 0 Å². The molecule has 0 spiro atoms. The summed E-state index contributed by atoms with van der Waals surface area (Å²) in [4.78, 5) is 0. The molecule has 4 rings (SSSR count). The van der Waals surface area contributed by atoms with Gasteiger partial charge in [0.2, 0.25) is 5.52 Å². The molecule has 1 heterocycles. The molecular weight excluding hydrogens is 322 g/mol. The van der Waals surface area contributed by atoms with Crippen LogP contribution in [0.15, 0.2) is 66.7 Å². The molecule has 0 N–H and O–H groups in total. The molecule has 0 amide bonds. The average molecular weight is 337 g/mol. The normalized spacial score (nSPS) is 12.2. The van der Waals surface area contributed by atoms with Gasteiger partial charge in [-0.1, -0.05) is 77.5 Å². The van der Waals surface area contributed by atoms with Crippen molar-refractivity contribution in [3.63, 3.8) is 0 Å². The van der Waals surface area contributed by atoms with Gasteiger partial charge >= 0.3 is 0 Å². The van der Waals surface area contributed by atoms with Crippen molar-refractivity contribution in [1.29, 1.82) is 0 Å². The Hall–Kier alpha value is -2.16. The number of aryl methyl sites for hydroxylation is 1. The molecule has 0 unspecified atom stereocenters. The standard InChI is InChI=1S/C20H15ClNS/c1-22-19(13-17(21)15-8-3-2-4-9-15)23-18-12-11-14-7-5-6-10-16(14)20(18)22/h2-13H,1H3/q+1. The molecule has 0 radical (unpaired) electrons. The Kier molecular flexibility index (Phi) is 3.64.